The summed E-state index contributed by atoms with van der Waals surface area (Å²) >= 11 is 0. The van der Waals surface area contributed by atoms with Gasteiger partial charge in [-0.3, -0.25) is 4.79 Å². The van der Waals surface area contributed by atoms with Gasteiger partial charge in [0.05, 0.1) is 0 Å². The Morgan fingerprint density at radius 1 is 1.83 bits per heavy atom. The van der Waals surface area contributed by atoms with E-state index >= 15 is 0 Å². The fourth-order valence-corrected chi connectivity index (χ4v) is 0.813. The average Bonchev–Trinajstić information content (AvgIpc) is 2.03. The summed E-state index contributed by atoms with van der Waals surface area (Å²) in [5, 5.41) is 3.93. The molecule has 1 atom stereocenters. The number of carbonyl (C=O) groups is 1. The minimum Gasteiger partial charge on any atom is -0.348 e. The van der Waals surface area contributed by atoms with Crippen molar-refractivity contribution in [1.29, 1.82) is 0 Å². The second-order valence-electron chi connectivity index (χ2n) is 2.62. The lowest BCUT2D eigenvalue weighted by atomic mass is 10.3. The number of rotatable bonds is 0. The third-order valence-electron chi connectivity index (χ3n) is 1.50. The lowest BCUT2D eigenvalue weighted by molar-refractivity contribution is -0.125. The van der Waals surface area contributed by atoms with Gasteiger partial charge in [-0.25, -0.2) is 15.8 Å². The quantitative estimate of drug-likeness (QED) is 0.293. The minimum absolute atomic E-state index is 0.155. The summed E-state index contributed by atoms with van der Waals surface area (Å²) in [5.41, 5.74) is 0. The summed E-state index contributed by atoms with van der Waals surface area (Å²) < 4.78 is 0. The van der Waals surface area contributed by atoms with Crippen LogP contribution in [0.1, 0.15) is 13.8 Å². The van der Waals surface area contributed by atoms with Gasteiger partial charge in [-0.15, -0.1) is 0 Å². The molecule has 0 aromatic heterocycles. The summed E-state index contributed by atoms with van der Waals surface area (Å²) in [4.78, 5) is 14.7. The summed E-state index contributed by atoms with van der Waals surface area (Å²) in [5.74, 6) is 5.55. The summed E-state index contributed by atoms with van der Waals surface area (Å²) in [6.07, 6.45) is 3.50. The molecule has 1 aliphatic rings. The molecule has 3 N–H and O–H groups in total. The third kappa shape index (κ3) is 1.82. The lowest BCUT2D eigenvalue weighted by Crippen LogP contribution is -2.51. The summed E-state index contributed by atoms with van der Waals surface area (Å²) in [6.45, 7) is 3.33. The zero-order valence-electron chi connectivity index (χ0n) is 7.11. The van der Waals surface area contributed by atoms with Crippen molar-refractivity contribution in [3.8, 4) is 0 Å². The molecule has 0 spiro atoms. The first-order valence-corrected chi connectivity index (χ1v) is 3.67. The number of hydrogen-bond donors (Lipinski definition) is 2. The van der Waals surface area contributed by atoms with E-state index in [0.29, 0.717) is 5.96 Å². The molecular weight excluding hydrogens is 156 g/mol. The van der Waals surface area contributed by atoms with Crippen molar-refractivity contribution < 1.29 is 4.79 Å². The van der Waals surface area contributed by atoms with Gasteiger partial charge in [-0.05, 0) is 13.0 Å². The van der Waals surface area contributed by atoms with Crippen LogP contribution in [-0.2, 0) is 4.79 Å². The largest absolute Gasteiger partial charge is 0.348 e. The van der Waals surface area contributed by atoms with E-state index in [0.717, 1.165) is 5.01 Å². The molecule has 1 rings (SSSR count). The van der Waals surface area contributed by atoms with Gasteiger partial charge in [-0.1, -0.05) is 0 Å². The molecule has 1 aliphatic heterocycles. The van der Waals surface area contributed by atoms with Crippen molar-refractivity contribution in [3.05, 3.63) is 12.3 Å². The fourth-order valence-electron chi connectivity index (χ4n) is 0.813. The maximum absolute atomic E-state index is 10.8. The first-order valence-electron chi connectivity index (χ1n) is 3.67. The molecule has 1 heterocycles. The molecule has 0 saturated heterocycles. The van der Waals surface area contributed by atoms with Crippen LogP contribution in [0.4, 0.5) is 0 Å². The Kier molecular flexibility index (Phi) is 2.44. The maximum atomic E-state index is 10.8. The van der Waals surface area contributed by atoms with E-state index in [9.17, 15) is 4.79 Å². The number of nitrogens with zero attached hydrogens (tertiary/aromatic N) is 2. The molecule has 0 fully saturated rings. The van der Waals surface area contributed by atoms with Gasteiger partial charge in [0.25, 0.3) is 0 Å². The van der Waals surface area contributed by atoms with E-state index in [2.05, 4.69) is 10.3 Å². The fraction of sp³-hybridized carbons (Fsp3) is 0.429. The van der Waals surface area contributed by atoms with Gasteiger partial charge >= 0.3 is 0 Å². The summed E-state index contributed by atoms with van der Waals surface area (Å²) in [6, 6.07) is 0.155. The predicted octanol–water partition coefficient (Wildman–Crippen LogP) is -0.430. The van der Waals surface area contributed by atoms with Gasteiger partial charge in [-0.2, -0.15) is 0 Å². The van der Waals surface area contributed by atoms with E-state index in [1.807, 2.05) is 13.0 Å². The normalized spacial score (nSPS) is 21.2. The molecule has 0 radical (unpaired) electrons. The van der Waals surface area contributed by atoms with Crippen LogP contribution < -0.4 is 11.2 Å². The molecule has 66 valence electrons. The summed E-state index contributed by atoms with van der Waals surface area (Å²) in [7, 11) is 0. The van der Waals surface area contributed by atoms with Gasteiger partial charge in [0.15, 0.2) is 0 Å². The topological polar surface area (TPSA) is 70.7 Å². The Hall–Kier alpha value is -1.36. The lowest BCUT2D eigenvalue weighted by Gasteiger charge is -2.22. The van der Waals surface area contributed by atoms with Crippen LogP contribution in [0.5, 0.6) is 0 Å². The molecule has 1 unspecified atom stereocenters. The molecule has 0 saturated carbocycles. The Balaban J connectivity index is 2.69. The number of hydrazine groups is 1. The van der Waals surface area contributed by atoms with E-state index in [4.69, 9.17) is 5.84 Å². The predicted molar refractivity (Wildman–Crippen MR) is 45.9 cm³/mol. The van der Waals surface area contributed by atoms with Crippen LogP contribution >= 0.6 is 0 Å². The van der Waals surface area contributed by atoms with Gasteiger partial charge in [0.2, 0.25) is 11.9 Å². The number of carbonyl (C=O) groups excluding carboxylic acids is 1. The van der Waals surface area contributed by atoms with E-state index in [1.165, 1.54) is 6.92 Å². The first kappa shape index (κ1) is 8.73. The van der Waals surface area contributed by atoms with E-state index in [1.54, 1.807) is 6.20 Å². The third-order valence-corrected chi connectivity index (χ3v) is 1.50. The number of amides is 1. The second-order valence-corrected chi connectivity index (χ2v) is 2.62. The molecule has 1 amide bonds. The molecule has 5 heteroatoms. The molecule has 0 bridgehead atoms. The number of aliphatic imine (C=N–C) groups is 1. The van der Waals surface area contributed by atoms with Gasteiger partial charge in [0.1, 0.15) is 0 Å². The van der Waals surface area contributed by atoms with Crippen molar-refractivity contribution in [2.75, 3.05) is 0 Å². The standard InChI is InChI=1S/C7H12N4O/c1-5-3-4-9-7(10-5)11(8)6(2)12/h3-5H,8H2,1-2H3,(H,9,10). The molecule has 0 aromatic carbocycles. The SMILES string of the molecule is CC(=O)N(N)C1=NC=CC(C)N1. The molecule has 0 aromatic rings. The number of nitrogens with one attached hydrogen (secondary N) is 1. The highest BCUT2D eigenvalue weighted by molar-refractivity contribution is 5.96. The van der Waals surface area contributed by atoms with Gasteiger partial charge < -0.3 is 5.32 Å². The van der Waals surface area contributed by atoms with E-state index < -0.39 is 0 Å². The minimum atomic E-state index is -0.247. The number of guanidine groups is 1. The van der Waals surface area contributed by atoms with Crippen molar-refractivity contribution in [2.24, 2.45) is 10.8 Å². The zero-order chi connectivity index (χ0) is 9.14. The zero-order valence-corrected chi connectivity index (χ0v) is 7.11. The Bertz CT molecular complexity index is 246. The van der Waals surface area contributed by atoms with Crippen molar-refractivity contribution in [2.45, 2.75) is 19.9 Å². The Labute approximate surface area is 70.9 Å². The number of nitrogens with two attached hydrogens (primary N) is 1. The molecule has 12 heavy (non-hydrogen) atoms. The molecule has 5 nitrogen and oxygen atoms in total. The molecular formula is C7H12N4O. The van der Waals surface area contributed by atoms with Crippen LogP contribution in [0.2, 0.25) is 0 Å². The van der Waals surface area contributed by atoms with Crippen LogP contribution in [0, 0.1) is 0 Å². The van der Waals surface area contributed by atoms with Crippen molar-refractivity contribution in [1.82, 2.24) is 10.3 Å². The Morgan fingerprint density at radius 3 is 3.00 bits per heavy atom. The van der Waals surface area contributed by atoms with Crippen LogP contribution in [-0.4, -0.2) is 22.9 Å². The molecule has 0 aliphatic carbocycles. The monoisotopic (exact) mass is 168 g/mol. The van der Waals surface area contributed by atoms with Crippen molar-refractivity contribution in [3.63, 3.8) is 0 Å². The highest BCUT2D eigenvalue weighted by atomic mass is 16.2. The van der Waals surface area contributed by atoms with Crippen LogP contribution in [0.3, 0.4) is 0 Å². The van der Waals surface area contributed by atoms with Gasteiger partial charge in [0, 0.05) is 19.2 Å². The highest BCUT2D eigenvalue weighted by Crippen LogP contribution is 1.96. The van der Waals surface area contributed by atoms with E-state index in [-0.39, 0.29) is 11.9 Å². The Morgan fingerprint density at radius 2 is 2.50 bits per heavy atom. The highest BCUT2D eigenvalue weighted by Gasteiger charge is 2.14. The second kappa shape index (κ2) is 3.36. The number of hydrogen-bond acceptors (Lipinski definition) is 4. The van der Waals surface area contributed by atoms with Crippen molar-refractivity contribution >= 4 is 11.9 Å². The first-order chi connectivity index (χ1) is 5.61. The van der Waals surface area contributed by atoms with Crippen LogP contribution in [0.15, 0.2) is 17.3 Å². The van der Waals surface area contributed by atoms with Crippen LogP contribution in [0.25, 0.3) is 0 Å². The average molecular weight is 168 g/mol. The smallest absolute Gasteiger partial charge is 0.240 e. The maximum Gasteiger partial charge on any atom is 0.240 e.